The van der Waals surface area contributed by atoms with Gasteiger partial charge in [-0.3, -0.25) is 4.79 Å². The summed E-state index contributed by atoms with van der Waals surface area (Å²) in [7, 11) is -4.09. The molecule has 1 atom stereocenters. The monoisotopic (exact) mass is 556 g/mol. The van der Waals surface area contributed by atoms with Crippen molar-refractivity contribution in [2.45, 2.75) is 30.3 Å². The maximum absolute atomic E-state index is 14.2. The largest absolute Gasteiger partial charge is 0.337 e. The van der Waals surface area contributed by atoms with Crippen molar-refractivity contribution in [3.63, 3.8) is 0 Å². The summed E-state index contributed by atoms with van der Waals surface area (Å²) < 4.78 is 38.4. The molecule has 0 spiro atoms. The number of amides is 1. The van der Waals surface area contributed by atoms with Crippen LogP contribution in [0.1, 0.15) is 16.7 Å². The highest BCUT2D eigenvalue weighted by Gasteiger charge is 2.31. The molecule has 0 aliphatic heterocycles. The van der Waals surface area contributed by atoms with E-state index in [1.165, 1.54) is 6.07 Å². The van der Waals surface area contributed by atoms with Crippen LogP contribution in [0.3, 0.4) is 0 Å². The van der Waals surface area contributed by atoms with Crippen LogP contribution in [-0.4, -0.2) is 40.6 Å². The van der Waals surface area contributed by atoms with Gasteiger partial charge in [-0.1, -0.05) is 97.1 Å². The number of hydrogen-bond acceptors (Lipinski definition) is 6. The number of sulfonamides is 1. The normalized spacial score (nSPS) is 12.3. The summed E-state index contributed by atoms with van der Waals surface area (Å²) in [5, 5.41) is 0. The Hall–Kier alpha value is -3.92. The molecule has 0 fully saturated rings. The molecule has 0 saturated carbocycles. The van der Waals surface area contributed by atoms with Gasteiger partial charge in [-0.05, 0) is 41.7 Å². The van der Waals surface area contributed by atoms with Crippen LogP contribution in [0.25, 0.3) is 11.0 Å². The van der Waals surface area contributed by atoms with E-state index in [-0.39, 0.29) is 17.2 Å². The molecule has 9 heteroatoms. The summed E-state index contributed by atoms with van der Waals surface area (Å²) in [5.74, 6) is -0.286. The third-order valence-electron chi connectivity index (χ3n) is 6.46. The van der Waals surface area contributed by atoms with Crippen LogP contribution in [0.2, 0.25) is 0 Å². The van der Waals surface area contributed by atoms with E-state index in [0.29, 0.717) is 30.5 Å². The highest BCUT2D eigenvalue weighted by atomic mass is 32.2. The lowest BCUT2D eigenvalue weighted by molar-refractivity contribution is -0.133. The smallest absolute Gasteiger partial charge is 0.243 e. The van der Waals surface area contributed by atoms with Gasteiger partial charge in [0.1, 0.15) is 22.0 Å². The maximum Gasteiger partial charge on any atom is 0.243 e. The van der Waals surface area contributed by atoms with Crippen LogP contribution in [0, 0.1) is 0 Å². The zero-order valence-electron chi connectivity index (χ0n) is 21.2. The Balaban J connectivity index is 1.47. The zero-order chi connectivity index (χ0) is 27.1. The Morgan fingerprint density at radius 3 is 2.05 bits per heavy atom. The van der Waals surface area contributed by atoms with Gasteiger partial charge in [0.2, 0.25) is 15.9 Å². The first-order chi connectivity index (χ1) is 19.0. The molecule has 4 aromatic carbocycles. The minimum Gasteiger partial charge on any atom is -0.337 e. The summed E-state index contributed by atoms with van der Waals surface area (Å²) in [5.41, 5.74) is 3.73. The molecule has 7 nitrogen and oxygen atoms in total. The molecule has 198 valence electrons. The number of benzene rings is 4. The molecule has 1 amide bonds. The minimum absolute atomic E-state index is 0.0125. The number of aromatic nitrogens is 2. The van der Waals surface area contributed by atoms with Gasteiger partial charge in [0, 0.05) is 13.1 Å². The summed E-state index contributed by atoms with van der Waals surface area (Å²) >= 11 is 0.954. The fraction of sp³-hybridized carbons (Fsp3) is 0.167. The fourth-order valence-corrected chi connectivity index (χ4v) is 6.43. The lowest BCUT2D eigenvalue weighted by Crippen LogP contribution is -2.50. The van der Waals surface area contributed by atoms with Crippen molar-refractivity contribution >= 4 is 38.7 Å². The lowest BCUT2D eigenvalue weighted by Gasteiger charge is -2.28. The molecule has 0 radical (unpaired) electrons. The van der Waals surface area contributed by atoms with Crippen molar-refractivity contribution in [3.8, 4) is 0 Å². The van der Waals surface area contributed by atoms with Crippen molar-refractivity contribution in [2.24, 2.45) is 0 Å². The van der Waals surface area contributed by atoms with E-state index >= 15 is 0 Å². The number of nitrogens with zero attached hydrogens (tertiary/aromatic N) is 3. The van der Waals surface area contributed by atoms with E-state index in [0.717, 1.165) is 28.4 Å². The van der Waals surface area contributed by atoms with Gasteiger partial charge < -0.3 is 4.90 Å². The first-order valence-electron chi connectivity index (χ1n) is 12.6. The number of carbonyl (C=O) groups excluding carboxylic acids is 1. The van der Waals surface area contributed by atoms with Gasteiger partial charge in [-0.15, -0.1) is 0 Å². The van der Waals surface area contributed by atoms with Gasteiger partial charge in [-0.2, -0.15) is 13.5 Å². The van der Waals surface area contributed by atoms with E-state index < -0.39 is 16.1 Å². The molecule has 0 bridgehead atoms. The second-order valence-corrected chi connectivity index (χ2v) is 11.4. The number of hydrogen-bond donors (Lipinski definition) is 1. The predicted octanol–water partition coefficient (Wildman–Crippen LogP) is 4.85. The topological polar surface area (TPSA) is 92.3 Å². The fourth-order valence-electron chi connectivity index (χ4n) is 4.48. The van der Waals surface area contributed by atoms with E-state index in [1.54, 1.807) is 17.0 Å². The summed E-state index contributed by atoms with van der Waals surface area (Å²) in [6.45, 7) is 0.807. The molecule has 1 N–H and O–H groups in total. The lowest BCUT2D eigenvalue weighted by atomic mass is 10.0. The van der Waals surface area contributed by atoms with Gasteiger partial charge >= 0.3 is 0 Å². The van der Waals surface area contributed by atoms with Crippen molar-refractivity contribution in [2.75, 3.05) is 6.54 Å². The molecule has 39 heavy (non-hydrogen) atoms. The Morgan fingerprint density at radius 1 is 0.769 bits per heavy atom. The maximum atomic E-state index is 14.2. The molecule has 0 aliphatic rings. The zero-order valence-corrected chi connectivity index (χ0v) is 22.8. The van der Waals surface area contributed by atoms with Crippen molar-refractivity contribution in [1.29, 1.82) is 0 Å². The highest BCUT2D eigenvalue weighted by molar-refractivity contribution is 7.89. The summed E-state index contributed by atoms with van der Waals surface area (Å²) in [6.07, 6.45) is 0.856. The molecule has 0 saturated heterocycles. The Morgan fingerprint density at radius 2 is 1.38 bits per heavy atom. The van der Waals surface area contributed by atoms with Crippen LogP contribution in [-0.2, 0) is 34.2 Å². The Bertz CT molecular complexity index is 1630. The molecule has 5 rings (SSSR count). The minimum atomic E-state index is -4.09. The second kappa shape index (κ2) is 12.3. The first-order valence-corrected chi connectivity index (χ1v) is 14.8. The van der Waals surface area contributed by atoms with Crippen molar-refractivity contribution < 1.29 is 13.2 Å². The molecule has 0 unspecified atom stereocenters. The Kier molecular flexibility index (Phi) is 8.41. The number of fused-ring (bicyclic) bond motifs is 1. The van der Waals surface area contributed by atoms with Crippen LogP contribution in [0.4, 0.5) is 0 Å². The van der Waals surface area contributed by atoms with E-state index in [2.05, 4.69) is 13.5 Å². The first kappa shape index (κ1) is 26.7. The van der Waals surface area contributed by atoms with Crippen LogP contribution in [0.15, 0.2) is 114 Å². The van der Waals surface area contributed by atoms with Crippen LogP contribution < -0.4 is 4.72 Å². The average Bonchev–Trinajstić information content (AvgIpc) is 3.45. The molecule has 1 aromatic heterocycles. The van der Waals surface area contributed by atoms with Crippen molar-refractivity contribution in [1.82, 2.24) is 18.4 Å². The highest BCUT2D eigenvalue weighted by Crippen LogP contribution is 2.22. The molecule has 5 aromatic rings. The van der Waals surface area contributed by atoms with E-state index in [9.17, 15) is 13.2 Å². The summed E-state index contributed by atoms with van der Waals surface area (Å²) in [6, 6.07) is 32.9. The molecular weight excluding hydrogens is 528 g/mol. The van der Waals surface area contributed by atoms with Crippen molar-refractivity contribution in [3.05, 3.63) is 126 Å². The quantitative estimate of drug-likeness (QED) is 0.251. The van der Waals surface area contributed by atoms with Gasteiger partial charge in [0.15, 0.2) is 0 Å². The molecule has 1 heterocycles. The average molecular weight is 557 g/mol. The predicted molar refractivity (Wildman–Crippen MR) is 154 cm³/mol. The second-order valence-electron chi connectivity index (χ2n) is 9.23. The standard InChI is InChI=1S/C30H28N4O3S2/c35-30(34(22-25-15-8-3-9-16-25)20-19-23-11-4-1-5-12-23)27(21-24-13-6-2-7-14-24)33-39(36,37)28-18-10-17-26-29(28)32-38-31-26/h1-18,27,33H,19-22H2/t27-/m1/s1. The number of carbonyl (C=O) groups is 1. The Labute approximate surface area is 232 Å². The SMILES string of the molecule is O=C([C@@H](Cc1ccccc1)NS(=O)(=O)c1cccc2nsnc12)N(CCc1ccccc1)Cc1ccccc1. The third-order valence-corrected chi connectivity index (χ3v) is 8.50. The van der Waals surface area contributed by atoms with Gasteiger partial charge in [-0.25, -0.2) is 8.42 Å². The molecular formula is C30H28N4O3S2. The van der Waals surface area contributed by atoms with Crippen LogP contribution >= 0.6 is 11.7 Å². The number of rotatable bonds is 11. The third kappa shape index (κ3) is 6.75. The summed E-state index contributed by atoms with van der Waals surface area (Å²) in [4.78, 5) is 15.9. The van der Waals surface area contributed by atoms with Gasteiger partial charge in [0.05, 0.1) is 11.7 Å². The van der Waals surface area contributed by atoms with Gasteiger partial charge in [0.25, 0.3) is 0 Å². The van der Waals surface area contributed by atoms with E-state index in [4.69, 9.17) is 0 Å². The number of nitrogens with one attached hydrogen (secondary N) is 1. The van der Waals surface area contributed by atoms with Crippen LogP contribution in [0.5, 0.6) is 0 Å². The van der Waals surface area contributed by atoms with E-state index in [1.807, 2.05) is 91.0 Å². The molecule has 0 aliphatic carbocycles.